The molecule has 0 amide bonds. The van der Waals surface area contributed by atoms with Crippen molar-refractivity contribution in [3.8, 4) is 5.75 Å². The summed E-state index contributed by atoms with van der Waals surface area (Å²) in [5.41, 5.74) is 1.87. The molecule has 0 spiro atoms. The third kappa shape index (κ3) is 2.19. The van der Waals surface area contributed by atoms with E-state index in [-0.39, 0.29) is 5.41 Å². The molecule has 0 saturated carbocycles. The van der Waals surface area contributed by atoms with Crippen molar-refractivity contribution in [2.45, 2.75) is 31.9 Å². The van der Waals surface area contributed by atoms with Gasteiger partial charge in [0.25, 0.3) is 0 Å². The zero-order valence-corrected chi connectivity index (χ0v) is 9.23. The van der Waals surface area contributed by atoms with Gasteiger partial charge in [-0.1, -0.05) is 39.0 Å². The number of aromatic hydroxyl groups is 1. The number of para-hydroxylation sites is 1. The third-order valence-corrected chi connectivity index (χ3v) is 2.44. The van der Waals surface area contributed by atoms with Crippen molar-refractivity contribution in [3.05, 3.63) is 29.3 Å². The van der Waals surface area contributed by atoms with Crippen molar-refractivity contribution < 1.29 is 5.11 Å². The topological polar surface area (TPSA) is 20.2 Å². The Morgan fingerprint density at radius 1 is 1.31 bits per heavy atom. The highest BCUT2D eigenvalue weighted by Gasteiger charge is 2.18. The van der Waals surface area contributed by atoms with Gasteiger partial charge in [-0.05, 0) is 11.0 Å². The molecule has 2 heteroatoms. The molecule has 0 radical (unpaired) electrons. The van der Waals surface area contributed by atoms with E-state index >= 15 is 0 Å². The molecule has 1 aromatic rings. The van der Waals surface area contributed by atoms with Gasteiger partial charge in [-0.2, -0.15) is 12.6 Å². The number of benzene rings is 1. The Morgan fingerprint density at radius 3 is 2.38 bits per heavy atom. The maximum atomic E-state index is 9.88. The van der Waals surface area contributed by atoms with E-state index in [0.29, 0.717) is 11.5 Å². The standard InChI is InChI=1S/C11H16OS/c1-11(2,3)9-6-4-5-8(7-13)10(9)12/h4-6,12-13H,7H2,1-3H3. The molecule has 13 heavy (non-hydrogen) atoms. The first-order chi connectivity index (χ1) is 5.96. The van der Waals surface area contributed by atoms with Crippen LogP contribution in [0.1, 0.15) is 31.9 Å². The van der Waals surface area contributed by atoms with Gasteiger partial charge in [0.1, 0.15) is 5.75 Å². The highest BCUT2D eigenvalue weighted by atomic mass is 32.1. The van der Waals surface area contributed by atoms with Gasteiger partial charge in [0.2, 0.25) is 0 Å². The Bertz CT molecular complexity index is 299. The summed E-state index contributed by atoms with van der Waals surface area (Å²) in [6.07, 6.45) is 0. The van der Waals surface area contributed by atoms with Crippen LogP contribution in [0.15, 0.2) is 18.2 Å². The molecule has 0 saturated heterocycles. The first kappa shape index (κ1) is 10.5. The normalized spacial score (nSPS) is 11.7. The van der Waals surface area contributed by atoms with Crippen LogP contribution >= 0.6 is 12.6 Å². The summed E-state index contributed by atoms with van der Waals surface area (Å²) in [4.78, 5) is 0. The molecule has 1 nitrogen and oxygen atoms in total. The second-order valence-corrected chi connectivity index (χ2v) is 4.54. The van der Waals surface area contributed by atoms with E-state index in [0.717, 1.165) is 11.1 Å². The van der Waals surface area contributed by atoms with Crippen LogP contribution in [0.4, 0.5) is 0 Å². The molecule has 0 bridgehead atoms. The predicted molar refractivity (Wildman–Crippen MR) is 59.5 cm³/mol. The van der Waals surface area contributed by atoms with Crippen LogP contribution < -0.4 is 0 Å². The lowest BCUT2D eigenvalue weighted by atomic mass is 9.85. The summed E-state index contributed by atoms with van der Waals surface area (Å²) in [6.45, 7) is 6.26. The van der Waals surface area contributed by atoms with Crippen LogP contribution in [-0.4, -0.2) is 5.11 Å². The highest BCUT2D eigenvalue weighted by molar-refractivity contribution is 7.79. The molecular weight excluding hydrogens is 180 g/mol. The van der Waals surface area contributed by atoms with Gasteiger partial charge in [-0.15, -0.1) is 0 Å². The molecule has 0 atom stereocenters. The molecular formula is C11H16OS. The molecule has 1 aromatic carbocycles. The number of hydrogen-bond acceptors (Lipinski definition) is 2. The van der Waals surface area contributed by atoms with Gasteiger partial charge >= 0.3 is 0 Å². The van der Waals surface area contributed by atoms with E-state index in [1.807, 2.05) is 18.2 Å². The second-order valence-electron chi connectivity index (χ2n) is 4.22. The quantitative estimate of drug-likeness (QED) is 0.661. The molecule has 0 unspecified atom stereocenters. The number of rotatable bonds is 1. The zero-order valence-electron chi connectivity index (χ0n) is 8.33. The summed E-state index contributed by atoms with van der Waals surface area (Å²) in [5.74, 6) is 0.973. The van der Waals surface area contributed by atoms with Crippen LogP contribution in [0.2, 0.25) is 0 Å². The minimum absolute atomic E-state index is 0.0109. The van der Waals surface area contributed by atoms with Crippen molar-refractivity contribution in [3.63, 3.8) is 0 Å². The molecule has 0 aliphatic carbocycles. The fourth-order valence-electron chi connectivity index (χ4n) is 1.32. The van der Waals surface area contributed by atoms with Crippen molar-refractivity contribution in [2.75, 3.05) is 0 Å². The Morgan fingerprint density at radius 2 is 1.92 bits per heavy atom. The number of hydrogen-bond donors (Lipinski definition) is 2. The highest BCUT2D eigenvalue weighted by Crippen LogP contribution is 2.33. The van der Waals surface area contributed by atoms with E-state index in [4.69, 9.17) is 0 Å². The average Bonchev–Trinajstić information content (AvgIpc) is 2.02. The smallest absolute Gasteiger partial charge is 0.123 e. The summed E-state index contributed by atoms with van der Waals surface area (Å²) in [5, 5.41) is 9.88. The molecule has 0 fully saturated rings. The minimum Gasteiger partial charge on any atom is -0.507 e. The second kappa shape index (κ2) is 3.62. The lowest BCUT2D eigenvalue weighted by Crippen LogP contribution is -2.11. The van der Waals surface area contributed by atoms with Gasteiger partial charge in [0.05, 0.1) is 0 Å². The maximum Gasteiger partial charge on any atom is 0.123 e. The first-order valence-electron chi connectivity index (χ1n) is 4.39. The SMILES string of the molecule is CC(C)(C)c1cccc(CS)c1O. The predicted octanol–water partition coefficient (Wildman–Crippen LogP) is 3.12. The molecule has 0 heterocycles. The summed E-state index contributed by atoms with van der Waals surface area (Å²) in [6, 6.07) is 5.83. The average molecular weight is 196 g/mol. The number of phenols is 1. The molecule has 0 aliphatic heterocycles. The van der Waals surface area contributed by atoms with E-state index in [1.54, 1.807) is 0 Å². The van der Waals surface area contributed by atoms with Crippen LogP contribution in [0.3, 0.4) is 0 Å². The Hall–Kier alpha value is -0.630. The van der Waals surface area contributed by atoms with E-state index in [2.05, 4.69) is 33.4 Å². The summed E-state index contributed by atoms with van der Waals surface area (Å²) >= 11 is 4.16. The van der Waals surface area contributed by atoms with Crippen molar-refractivity contribution in [2.24, 2.45) is 0 Å². The van der Waals surface area contributed by atoms with Gasteiger partial charge in [-0.25, -0.2) is 0 Å². The van der Waals surface area contributed by atoms with Crippen molar-refractivity contribution >= 4 is 12.6 Å². The van der Waals surface area contributed by atoms with Crippen LogP contribution in [0, 0.1) is 0 Å². The van der Waals surface area contributed by atoms with Crippen LogP contribution in [0.5, 0.6) is 5.75 Å². The first-order valence-corrected chi connectivity index (χ1v) is 5.02. The van der Waals surface area contributed by atoms with E-state index in [1.165, 1.54) is 0 Å². The lowest BCUT2D eigenvalue weighted by Gasteiger charge is -2.21. The monoisotopic (exact) mass is 196 g/mol. The Kier molecular flexibility index (Phi) is 2.91. The Balaban J connectivity index is 3.24. The fourth-order valence-corrected chi connectivity index (χ4v) is 1.58. The van der Waals surface area contributed by atoms with Gasteiger partial charge in [0, 0.05) is 11.3 Å². The third-order valence-electron chi connectivity index (χ3n) is 2.10. The van der Waals surface area contributed by atoms with Crippen LogP contribution in [0.25, 0.3) is 0 Å². The van der Waals surface area contributed by atoms with Gasteiger partial charge < -0.3 is 5.11 Å². The molecule has 1 N–H and O–H groups in total. The minimum atomic E-state index is -0.0109. The fraction of sp³-hybridized carbons (Fsp3) is 0.455. The summed E-state index contributed by atoms with van der Waals surface area (Å²) < 4.78 is 0. The lowest BCUT2D eigenvalue weighted by molar-refractivity contribution is 0.442. The molecule has 1 rings (SSSR count). The largest absolute Gasteiger partial charge is 0.507 e. The van der Waals surface area contributed by atoms with Gasteiger partial charge in [0.15, 0.2) is 0 Å². The maximum absolute atomic E-state index is 9.88. The number of thiol groups is 1. The molecule has 0 aliphatic rings. The van der Waals surface area contributed by atoms with E-state index < -0.39 is 0 Å². The molecule has 72 valence electrons. The van der Waals surface area contributed by atoms with Crippen molar-refractivity contribution in [1.29, 1.82) is 0 Å². The van der Waals surface area contributed by atoms with Gasteiger partial charge in [-0.3, -0.25) is 0 Å². The zero-order chi connectivity index (χ0) is 10.1. The Labute approximate surface area is 85.2 Å². The van der Waals surface area contributed by atoms with Crippen molar-refractivity contribution in [1.82, 2.24) is 0 Å². The summed E-state index contributed by atoms with van der Waals surface area (Å²) in [7, 11) is 0. The van der Waals surface area contributed by atoms with E-state index in [9.17, 15) is 5.11 Å². The van der Waals surface area contributed by atoms with Crippen LogP contribution in [-0.2, 0) is 11.2 Å². The molecule has 0 aromatic heterocycles. The number of phenolic OH excluding ortho intramolecular Hbond substituents is 1.